The van der Waals surface area contributed by atoms with Gasteiger partial charge in [0.2, 0.25) is 0 Å². The molecule has 2 aromatic rings. The predicted molar refractivity (Wildman–Crippen MR) is 209 cm³/mol. The number of fused-ring (bicyclic) bond motifs is 4. The minimum atomic E-state index is -2.94. The molecular weight excluding hydrogens is 696 g/mol. The largest absolute Gasteiger partial charge is 0.490 e. The van der Waals surface area contributed by atoms with Gasteiger partial charge in [0.05, 0.1) is 40.8 Å². The third kappa shape index (κ3) is 7.01. The van der Waals surface area contributed by atoms with Crippen LogP contribution < -0.4 is 14.4 Å². The van der Waals surface area contributed by atoms with E-state index in [9.17, 15) is 14.1 Å². The van der Waals surface area contributed by atoms with Crippen LogP contribution in [-0.4, -0.2) is 113 Å². The molecule has 1 spiro atoms. The minimum absolute atomic E-state index is 0.0646. The van der Waals surface area contributed by atoms with E-state index in [4.69, 9.17) is 21.1 Å². The van der Waals surface area contributed by atoms with Crippen LogP contribution in [0.15, 0.2) is 36.4 Å². The predicted octanol–water partition coefficient (Wildman–Crippen LogP) is 5.16. The highest BCUT2D eigenvalue weighted by molar-refractivity contribution is 7.99. The van der Waals surface area contributed by atoms with Crippen molar-refractivity contribution in [2.75, 3.05) is 70.5 Å². The first-order valence-electron chi connectivity index (χ1n) is 19.7. The van der Waals surface area contributed by atoms with Crippen LogP contribution in [-0.2, 0) is 26.3 Å². The number of aryl methyl sites for hydroxylation is 1. The van der Waals surface area contributed by atoms with Crippen LogP contribution in [0.1, 0.15) is 80.3 Å². The van der Waals surface area contributed by atoms with Crippen LogP contribution in [0.2, 0.25) is 5.02 Å². The van der Waals surface area contributed by atoms with Crippen LogP contribution in [0.3, 0.4) is 0 Å². The monoisotopic (exact) mass is 752 g/mol. The van der Waals surface area contributed by atoms with Crippen molar-refractivity contribution in [2.45, 2.75) is 87.5 Å². The number of hydrogen-bond acceptors (Lipinski definition) is 8. The van der Waals surface area contributed by atoms with Crippen LogP contribution in [0.5, 0.6) is 5.75 Å². The first-order valence-corrected chi connectivity index (χ1v) is 21.9. The zero-order chi connectivity index (χ0) is 36.3. The summed E-state index contributed by atoms with van der Waals surface area (Å²) in [5, 5.41) is 13.3. The maximum Gasteiger partial charge on any atom is 0.262 e. The van der Waals surface area contributed by atoms with Crippen molar-refractivity contribution in [1.29, 1.82) is 0 Å². The van der Waals surface area contributed by atoms with E-state index in [0.29, 0.717) is 37.1 Å². The van der Waals surface area contributed by atoms with Gasteiger partial charge in [-0.1, -0.05) is 31.0 Å². The summed E-state index contributed by atoms with van der Waals surface area (Å²) in [5.74, 6) is 4.98. The van der Waals surface area contributed by atoms with Gasteiger partial charge < -0.3 is 19.5 Å². The lowest BCUT2D eigenvalue weighted by Gasteiger charge is -2.54. The fraction of sp³-hybridized carbons (Fsp3) is 0.659. The van der Waals surface area contributed by atoms with Crippen LogP contribution in [0, 0.1) is 17.8 Å². The Kier molecular flexibility index (Phi) is 10.1. The van der Waals surface area contributed by atoms with Crippen molar-refractivity contribution < 1.29 is 23.6 Å². The lowest BCUT2D eigenvalue weighted by Crippen LogP contribution is -2.66. The standard InChI is InChI=1S/C41H57ClN4O5S/c1-28-6-4-15-41(48,26-44-23-34(24-44)45-16-18-50-19-17-45)36-11-8-32(36)22-46-25-40(14-5-7-30-20-33(42)10-12-35(30)40)27-51-38-13-9-31(21-37(38)46)39(47)43-52(3,49)29(28)2/h9-10,12-13,20-21,28-29,32,34,36,48H,3-8,11,14-19,22-27H2,1-2H3,(H,43,47,49)/t28-,29+,32-,36+,40-,41+,52?/m0/s1. The number of halogens is 1. The van der Waals surface area contributed by atoms with Gasteiger partial charge in [0, 0.05) is 73.1 Å². The second-order valence-corrected chi connectivity index (χ2v) is 19.9. The van der Waals surface area contributed by atoms with Gasteiger partial charge in [-0.15, -0.1) is 0 Å². The van der Waals surface area contributed by atoms with Crippen molar-refractivity contribution in [3.05, 3.63) is 58.1 Å². The lowest BCUT2D eigenvalue weighted by atomic mass is 9.62. The first-order chi connectivity index (χ1) is 24.9. The zero-order valence-electron chi connectivity index (χ0n) is 31.0. The van der Waals surface area contributed by atoms with Gasteiger partial charge >= 0.3 is 0 Å². The molecule has 9 nitrogen and oxygen atoms in total. The van der Waals surface area contributed by atoms with Gasteiger partial charge in [-0.2, -0.15) is 0 Å². The van der Waals surface area contributed by atoms with E-state index in [1.54, 1.807) is 6.07 Å². The molecule has 2 bridgehead atoms. The smallest absolute Gasteiger partial charge is 0.262 e. The number of carbonyl (C=O) groups excluding carboxylic acids is 1. The van der Waals surface area contributed by atoms with Gasteiger partial charge in [0.15, 0.2) is 0 Å². The number of likely N-dealkylation sites (tertiary alicyclic amines) is 1. The topological polar surface area (TPSA) is 94.6 Å². The Labute approximate surface area is 315 Å². The van der Waals surface area contributed by atoms with E-state index < -0.39 is 15.3 Å². The minimum Gasteiger partial charge on any atom is -0.490 e. The summed E-state index contributed by atoms with van der Waals surface area (Å²) in [6, 6.07) is 12.5. The van der Waals surface area contributed by atoms with Crippen molar-refractivity contribution >= 4 is 38.8 Å². The number of carbonyl (C=O) groups is 1. The molecule has 2 N–H and O–H groups in total. The molecule has 4 aliphatic heterocycles. The number of benzene rings is 2. The second-order valence-electron chi connectivity index (χ2n) is 17.1. The zero-order valence-corrected chi connectivity index (χ0v) is 32.6. The fourth-order valence-corrected chi connectivity index (χ4v) is 12.0. The van der Waals surface area contributed by atoms with Crippen molar-refractivity contribution in [2.24, 2.45) is 17.8 Å². The number of amides is 1. The number of hydrogen-bond donors (Lipinski definition) is 2. The molecule has 2 aliphatic carbocycles. The maximum atomic E-state index is 14.0. The number of rotatable bonds is 3. The van der Waals surface area contributed by atoms with Crippen LogP contribution in [0.25, 0.3) is 0 Å². The molecule has 8 rings (SSSR count). The summed E-state index contributed by atoms with van der Waals surface area (Å²) >= 11 is 6.50. The van der Waals surface area contributed by atoms with Gasteiger partial charge in [0.25, 0.3) is 5.91 Å². The number of anilines is 1. The summed E-state index contributed by atoms with van der Waals surface area (Å²) in [6.45, 7) is 12.3. The van der Waals surface area contributed by atoms with Crippen molar-refractivity contribution in [3.63, 3.8) is 0 Å². The third-order valence-electron chi connectivity index (χ3n) is 13.8. The van der Waals surface area contributed by atoms with E-state index in [0.717, 1.165) is 114 Å². The van der Waals surface area contributed by atoms with E-state index in [-0.39, 0.29) is 28.4 Å². The molecule has 7 atom stereocenters. The average Bonchev–Trinajstić information content (AvgIpc) is 3.24. The molecule has 0 aromatic heterocycles. The highest BCUT2D eigenvalue weighted by Gasteiger charge is 2.50. The van der Waals surface area contributed by atoms with E-state index >= 15 is 0 Å². The summed E-state index contributed by atoms with van der Waals surface area (Å²) in [5.41, 5.74) is 2.87. The SMILES string of the molecule is C=S1(=O)NC(=O)c2ccc3c(c2)N(C[C@@H]2CC[C@H]2[C@](O)(CN2CC(N4CCOCC4)C2)CCC[C@H](C)[C@H]1C)C[C@@]1(CCCc2cc(Cl)ccc21)CO3. The molecule has 1 amide bonds. The summed E-state index contributed by atoms with van der Waals surface area (Å²) in [6.07, 6.45) is 7.46. The van der Waals surface area contributed by atoms with Gasteiger partial charge in [-0.05, 0) is 117 Å². The van der Waals surface area contributed by atoms with Crippen LogP contribution >= 0.6 is 11.6 Å². The molecule has 4 heterocycles. The molecule has 3 fully saturated rings. The first kappa shape index (κ1) is 36.6. The molecule has 1 saturated carbocycles. The number of aliphatic hydroxyl groups is 1. The third-order valence-corrected chi connectivity index (χ3v) is 16.2. The number of morpholine rings is 1. The Morgan fingerprint density at radius 1 is 1.04 bits per heavy atom. The Bertz CT molecular complexity index is 1760. The summed E-state index contributed by atoms with van der Waals surface area (Å²) in [7, 11) is -2.94. The Hall–Kier alpha value is -2.34. The Morgan fingerprint density at radius 2 is 1.85 bits per heavy atom. The van der Waals surface area contributed by atoms with Crippen molar-refractivity contribution in [1.82, 2.24) is 14.5 Å². The molecule has 2 aromatic carbocycles. The number of nitrogens with one attached hydrogen (secondary N) is 1. The van der Waals surface area contributed by atoms with E-state index in [2.05, 4.69) is 44.3 Å². The molecule has 2 saturated heterocycles. The quantitative estimate of drug-likeness (QED) is 0.416. The fourth-order valence-electron chi connectivity index (χ4n) is 10.3. The van der Waals surface area contributed by atoms with E-state index in [1.165, 1.54) is 11.1 Å². The molecule has 11 heteroatoms. The average molecular weight is 753 g/mol. The normalized spacial score (nSPS) is 36.4. The number of β-amino-alcohol motifs (C(OH)–C–C–N with tert-alkyl or cyclic N) is 1. The van der Waals surface area contributed by atoms with Gasteiger partial charge in [-0.25, -0.2) is 4.21 Å². The molecule has 52 heavy (non-hydrogen) atoms. The lowest BCUT2D eigenvalue weighted by molar-refractivity contribution is -0.126. The molecule has 6 aliphatic rings. The maximum absolute atomic E-state index is 14.0. The van der Waals surface area contributed by atoms with Crippen molar-refractivity contribution in [3.8, 4) is 5.75 Å². The van der Waals surface area contributed by atoms with Gasteiger partial charge in [0.1, 0.15) is 5.75 Å². The molecule has 284 valence electrons. The molecule has 1 unspecified atom stereocenters. The highest BCUT2D eigenvalue weighted by atomic mass is 35.5. The second kappa shape index (κ2) is 14.4. The highest BCUT2D eigenvalue weighted by Crippen LogP contribution is 2.49. The van der Waals surface area contributed by atoms with Gasteiger partial charge in [-0.3, -0.25) is 19.3 Å². The Morgan fingerprint density at radius 3 is 2.62 bits per heavy atom. The summed E-state index contributed by atoms with van der Waals surface area (Å²) in [4.78, 5) is 21.2. The number of nitrogens with zero attached hydrogens (tertiary/aromatic N) is 3. The molecular formula is C41H57ClN4O5S. The summed E-state index contributed by atoms with van der Waals surface area (Å²) < 4.78 is 29.2. The Balaban J connectivity index is 1.13. The number of ether oxygens (including phenoxy) is 2. The van der Waals surface area contributed by atoms with Crippen LogP contribution in [0.4, 0.5) is 5.69 Å². The van der Waals surface area contributed by atoms with E-state index in [1.807, 2.05) is 25.1 Å². The molecule has 0 radical (unpaired) electrons.